The van der Waals surface area contributed by atoms with Gasteiger partial charge in [0.05, 0.1) is 15.7 Å². The number of nitrogens with zero attached hydrogens (tertiary/aromatic N) is 4. The van der Waals surface area contributed by atoms with E-state index in [1.807, 2.05) is 0 Å². The molecular formula is C15H9BrClFN6O2. The maximum atomic E-state index is 13.3. The number of rotatable bonds is 4. The highest BCUT2D eigenvalue weighted by atomic mass is 79.9. The molecule has 2 heterocycles. The summed E-state index contributed by atoms with van der Waals surface area (Å²) in [6.07, 6.45) is 1.45. The predicted molar refractivity (Wildman–Crippen MR) is 96.0 cm³/mol. The third kappa shape index (κ3) is 3.86. The van der Waals surface area contributed by atoms with E-state index in [9.17, 15) is 9.18 Å². The lowest BCUT2D eigenvalue weighted by Gasteiger charge is -2.04. The summed E-state index contributed by atoms with van der Waals surface area (Å²) in [6, 6.07) is 7.14. The molecule has 11 heteroatoms. The minimum Gasteiger partial charge on any atom is -0.382 e. The highest BCUT2D eigenvalue weighted by Gasteiger charge is 2.19. The van der Waals surface area contributed by atoms with Gasteiger partial charge in [-0.05, 0) is 56.6 Å². The minimum atomic E-state index is -0.572. The van der Waals surface area contributed by atoms with Gasteiger partial charge in [0.2, 0.25) is 5.82 Å². The van der Waals surface area contributed by atoms with Gasteiger partial charge in [0.15, 0.2) is 11.5 Å². The van der Waals surface area contributed by atoms with Gasteiger partial charge in [0, 0.05) is 6.20 Å². The van der Waals surface area contributed by atoms with Crippen molar-refractivity contribution >= 4 is 50.8 Å². The van der Waals surface area contributed by atoms with Crippen molar-refractivity contribution in [2.24, 2.45) is 10.7 Å². The predicted octanol–water partition coefficient (Wildman–Crippen LogP) is 3.31. The Bertz CT molecular complexity index is 1010. The Morgan fingerprint density at radius 1 is 1.35 bits per heavy atom. The van der Waals surface area contributed by atoms with Crippen LogP contribution in [0.2, 0.25) is 5.15 Å². The highest BCUT2D eigenvalue weighted by Crippen LogP contribution is 2.23. The third-order valence-corrected chi connectivity index (χ3v) is 4.03. The second kappa shape index (κ2) is 7.58. The first-order valence-corrected chi connectivity index (χ1v) is 8.17. The Kier molecular flexibility index (Phi) is 5.24. The van der Waals surface area contributed by atoms with E-state index in [0.717, 1.165) is 0 Å². The van der Waals surface area contributed by atoms with Crippen molar-refractivity contribution in [1.82, 2.24) is 15.3 Å². The molecule has 0 saturated heterocycles. The third-order valence-electron chi connectivity index (χ3n) is 3.12. The second-order valence-electron chi connectivity index (χ2n) is 4.85. The number of hydrogen-bond donors (Lipinski definition) is 2. The first kappa shape index (κ1) is 18.0. The van der Waals surface area contributed by atoms with Gasteiger partial charge in [0.1, 0.15) is 11.0 Å². The van der Waals surface area contributed by atoms with Gasteiger partial charge < -0.3 is 11.1 Å². The zero-order valence-corrected chi connectivity index (χ0v) is 15.1. The normalized spacial score (nSPS) is 11.4. The Morgan fingerprint density at radius 2 is 2.15 bits per heavy atom. The number of pyridine rings is 1. The molecule has 0 aliphatic rings. The second-order valence-corrected chi connectivity index (χ2v) is 6.07. The van der Waals surface area contributed by atoms with E-state index in [1.165, 1.54) is 30.5 Å². The van der Waals surface area contributed by atoms with Gasteiger partial charge in [-0.25, -0.2) is 19.0 Å². The molecule has 3 N–H and O–H groups in total. The summed E-state index contributed by atoms with van der Waals surface area (Å²) in [4.78, 5) is 20.2. The van der Waals surface area contributed by atoms with E-state index >= 15 is 0 Å². The number of carbonyl (C=O) groups excluding carboxylic acids is 1. The molecule has 0 radical (unpaired) electrons. The zero-order valence-electron chi connectivity index (χ0n) is 12.8. The first-order chi connectivity index (χ1) is 12.5. The van der Waals surface area contributed by atoms with E-state index < -0.39 is 11.7 Å². The molecule has 1 amide bonds. The molecule has 26 heavy (non-hydrogen) atoms. The molecule has 0 unspecified atom stereocenters. The Morgan fingerprint density at radius 3 is 2.88 bits per heavy atom. The summed E-state index contributed by atoms with van der Waals surface area (Å²) < 4.78 is 18.1. The summed E-state index contributed by atoms with van der Waals surface area (Å²) >= 11 is 8.94. The van der Waals surface area contributed by atoms with Crippen LogP contribution in [0, 0.1) is 5.82 Å². The van der Waals surface area contributed by atoms with Gasteiger partial charge >= 0.3 is 0 Å². The fraction of sp³-hybridized carbons (Fsp3) is 0. The summed E-state index contributed by atoms with van der Waals surface area (Å²) in [5.74, 6) is -1.14. The van der Waals surface area contributed by atoms with Crippen LogP contribution in [0.5, 0.6) is 0 Å². The van der Waals surface area contributed by atoms with Crippen molar-refractivity contribution in [3.8, 4) is 0 Å². The van der Waals surface area contributed by atoms with Crippen molar-refractivity contribution in [1.29, 1.82) is 0 Å². The smallest absolute Gasteiger partial charge is 0.260 e. The topological polar surface area (TPSA) is 119 Å². The van der Waals surface area contributed by atoms with Crippen LogP contribution >= 0.6 is 27.5 Å². The molecule has 0 atom stereocenters. The molecule has 1 aromatic carbocycles. The molecule has 0 bridgehead atoms. The van der Waals surface area contributed by atoms with E-state index in [2.05, 4.69) is 46.2 Å². The van der Waals surface area contributed by atoms with Gasteiger partial charge in [-0.1, -0.05) is 11.6 Å². The maximum absolute atomic E-state index is 13.3. The average Bonchev–Trinajstić information content (AvgIpc) is 3.06. The standard InChI is InChI=1S/C15H9BrClFN6O2/c16-9-6-7(3-4-10(9)18)21-13(19)11-14(24-26-23-11)22-15(25)8-2-1-5-20-12(8)17/h1-6H,(H2,19,21)(H,22,24,25). The van der Waals surface area contributed by atoms with E-state index in [1.54, 1.807) is 6.07 Å². The van der Waals surface area contributed by atoms with Gasteiger partial charge in [-0.3, -0.25) is 4.79 Å². The molecular weight excluding hydrogens is 431 g/mol. The molecule has 0 fully saturated rings. The van der Waals surface area contributed by atoms with Crippen molar-refractivity contribution in [2.45, 2.75) is 0 Å². The lowest BCUT2D eigenvalue weighted by molar-refractivity contribution is 0.102. The molecule has 0 saturated carbocycles. The molecule has 132 valence electrons. The molecule has 0 aliphatic carbocycles. The summed E-state index contributed by atoms with van der Waals surface area (Å²) in [5, 5.41) is 9.73. The lowest BCUT2D eigenvalue weighted by atomic mass is 10.2. The SMILES string of the molecule is NC(=Nc1ccc(F)c(Br)c1)c1nonc1NC(=O)c1cccnc1Cl. The fourth-order valence-electron chi connectivity index (χ4n) is 1.92. The number of nitrogens with one attached hydrogen (secondary N) is 1. The van der Waals surface area contributed by atoms with Crippen molar-refractivity contribution in [3.05, 3.63) is 63.2 Å². The van der Waals surface area contributed by atoms with Crippen molar-refractivity contribution in [2.75, 3.05) is 5.32 Å². The number of halogens is 3. The Labute approximate surface area is 159 Å². The van der Waals surface area contributed by atoms with Crippen LogP contribution in [0.1, 0.15) is 16.1 Å². The minimum absolute atomic E-state index is 0.0128. The van der Waals surface area contributed by atoms with Crippen LogP contribution in [0.15, 0.2) is 50.6 Å². The number of amidine groups is 1. The maximum Gasteiger partial charge on any atom is 0.260 e. The number of aliphatic imine (C=N–C) groups is 1. The fourth-order valence-corrected chi connectivity index (χ4v) is 2.49. The number of amides is 1. The number of nitrogens with two attached hydrogens (primary N) is 1. The Hall–Kier alpha value is -2.85. The zero-order chi connectivity index (χ0) is 18.7. The van der Waals surface area contributed by atoms with Gasteiger partial charge in [0.25, 0.3) is 5.91 Å². The highest BCUT2D eigenvalue weighted by molar-refractivity contribution is 9.10. The van der Waals surface area contributed by atoms with Crippen molar-refractivity contribution in [3.63, 3.8) is 0 Å². The van der Waals surface area contributed by atoms with Gasteiger partial charge in [-0.15, -0.1) is 0 Å². The van der Waals surface area contributed by atoms with Crippen LogP contribution in [0.3, 0.4) is 0 Å². The number of benzene rings is 1. The first-order valence-electron chi connectivity index (χ1n) is 6.99. The lowest BCUT2D eigenvalue weighted by Crippen LogP contribution is -2.19. The summed E-state index contributed by atoms with van der Waals surface area (Å²) in [6.45, 7) is 0. The van der Waals surface area contributed by atoms with E-state index in [0.29, 0.717) is 5.69 Å². The Balaban J connectivity index is 1.86. The van der Waals surface area contributed by atoms with Crippen LogP contribution in [-0.4, -0.2) is 27.0 Å². The molecule has 3 rings (SSSR count). The van der Waals surface area contributed by atoms with Crippen LogP contribution in [-0.2, 0) is 0 Å². The van der Waals surface area contributed by atoms with Gasteiger partial charge in [-0.2, -0.15) is 0 Å². The van der Waals surface area contributed by atoms with Crippen LogP contribution in [0.25, 0.3) is 0 Å². The van der Waals surface area contributed by atoms with Crippen LogP contribution < -0.4 is 11.1 Å². The number of aromatic nitrogens is 3. The van der Waals surface area contributed by atoms with Crippen molar-refractivity contribution < 1.29 is 13.8 Å². The number of anilines is 1. The molecule has 0 spiro atoms. The average molecular weight is 440 g/mol. The van der Waals surface area contributed by atoms with Crippen LogP contribution in [0.4, 0.5) is 15.9 Å². The largest absolute Gasteiger partial charge is 0.382 e. The number of hydrogen-bond acceptors (Lipinski definition) is 6. The quantitative estimate of drug-likeness (QED) is 0.366. The van der Waals surface area contributed by atoms with E-state index in [4.69, 9.17) is 17.3 Å². The summed E-state index contributed by atoms with van der Waals surface area (Å²) in [7, 11) is 0. The number of carbonyl (C=O) groups is 1. The van der Waals surface area contributed by atoms with E-state index in [-0.39, 0.29) is 32.5 Å². The molecule has 0 aliphatic heterocycles. The monoisotopic (exact) mass is 438 g/mol. The molecule has 3 aromatic rings. The summed E-state index contributed by atoms with van der Waals surface area (Å²) in [5.41, 5.74) is 6.41. The molecule has 2 aromatic heterocycles. The molecule has 8 nitrogen and oxygen atoms in total.